The average molecular weight is 509 g/mol. The van der Waals surface area contributed by atoms with E-state index in [4.69, 9.17) is 11.6 Å². The fraction of sp³-hybridized carbons (Fsp3) is 0.294. The third-order valence-corrected chi connectivity index (χ3v) is 4.88. The molecule has 0 unspecified atom stereocenters. The van der Waals surface area contributed by atoms with Gasteiger partial charge in [0.15, 0.2) is 15.8 Å². The van der Waals surface area contributed by atoms with Gasteiger partial charge in [-0.05, 0) is 35.7 Å². The van der Waals surface area contributed by atoms with E-state index in [1.54, 1.807) is 31.4 Å². The molecule has 0 fully saturated rings. The number of aromatic nitrogens is 1. The zero-order chi connectivity index (χ0) is 18.3. The van der Waals surface area contributed by atoms with Crippen molar-refractivity contribution in [3.8, 4) is 0 Å². The van der Waals surface area contributed by atoms with Crippen LogP contribution in [0.3, 0.4) is 0 Å². The Hall–Kier alpha value is -1.39. The van der Waals surface area contributed by atoms with Gasteiger partial charge in [0.25, 0.3) is 0 Å². The first-order valence-electron chi connectivity index (χ1n) is 7.72. The minimum absolute atomic E-state index is 0. The molecule has 9 heteroatoms. The molecule has 2 N–H and O–H groups in total. The molecular formula is C17H22ClIN4O2S. The minimum Gasteiger partial charge on any atom is -0.356 e. The van der Waals surface area contributed by atoms with Gasteiger partial charge < -0.3 is 10.6 Å². The SMILES string of the molecule is CN=C(NCCc1ccc(S(C)(=O)=O)cc1)NCc1ccc(Cl)nc1.I. The van der Waals surface area contributed by atoms with Crippen LogP contribution in [-0.4, -0.2) is 39.2 Å². The molecule has 0 amide bonds. The number of rotatable bonds is 6. The maximum Gasteiger partial charge on any atom is 0.191 e. The maximum absolute atomic E-state index is 11.4. The van der Waals surface area contributed by atoms with Crippen LogP contribution in [0.5, 0.6) is 0 Å². The number of pyridine rings is 1. The van der Waals surface area contributed by atoms with Crippen LogP contribution in [0.1, 0.15) is 11.1 Å². The van der Waals surface area contributed by atoms with Gasteiger partial charge in [-0.3, -0.25) is 4.99 Å². The molecule has 1 heterocycles. The van der Waals surface area contributed by atoms with Gasteiger partial charge in [-0.1, -0.05) is 29.8 Å². The summed E-state index contributed by atoms with van der Waals surface area (Å²) in [6.45, 7) is 1.27. The topological polar surface area (TPSA) is 83.5 Å². The molecule has 0 radical (unpaired) electrons. The van der Waals surface area contributed by atoms with Gasteiger partial charge in [0, 0.05) is 32.6 Å². The average Bonchev–Trinajstić information content (AvgIpc) is 2.59. The summed E-state index contributed by atoms with van der Waals surface area (Å²) in [4.78, 5) is 8.53. The second-order valence-corrected chi connectivity index (χ2v) is 7.91. The summed E-state index contributed by atoms with van der Waals surface area (Å²) in [7, 11) is -1.45. The number of halogens is 2. The first kappa shape index (κ1) is 22.7. The number of nitrogens with one attached hydrogen (secondary N) is 2. The number of benzene rings is 1. The van der Waals surface area contributed by atoms with Crippen molar-refractivity contribution >= 4 is 51.4 Å². The van der Waals surface area contributed by atoms with Crippen molar-refractivity contribution < 1.29 is 8.42 Å². The van der Waals surface area contributed by atoms with E-state index in [1.807, 2.05) is 18.2 Å². The second kappa shape index (κ2) is 10.7. The molecule has 0 atom stereocenters. The molecule has 0 bridgehead atoms. The van der Waals surface area contributed by atoms with Gasteiger partial charge in [-0.2, -0.15) is 0 Å². The number of hydrogen-bond donors (Lipinski definition) is 2. The van der Waals surface area contributed by atoms with Gasteiger partial charge in [-0.25, -0.2) is 13.4 Å². The molecule has 2 aromatic rings. The molecule has 6 nitrogen and oxygen atoms in total. The third-order valence-electron chi connectivity index (χ3n) is 3.53. The Morgan fingerprint density at radius 2 is 1.77 bits per heavy atom. The lowest BCUT2D eigenvalue weighted by atomic mass is 10.1. The largest absolute Gasteiger partial charge is 0.356 e. The van der Waals surface area contributed by atoms with Crippen molar-refractivity contribution in [1.82, 2.24) is 15.6 Å². The van der Waals surface area contributed by atoms with Crippen LogP contribution >= 0.6 is 35.6 Å². The molecule has 0 aliphatic rings. The van der Waals surface area contributed by atoms with Crippen LogP contribution in [-0.2, 0) is 22.8 Å². The lowest BCUT2D eigenvalue weighted by molar-refractivity contribution is 0.602. The molecule has 0 aliphatic heterocycles. The first-order chi connectivity index (χ1) is 11.9. The van der Waals surface area contributed by atoms with E-state index in [1.165, 1.54) is 6.26 Å². The fourth-order valence-corrected chi connectivity index (χ4v) is 2.89. The van der Waals surface area contributed by atoms with Crippen molar-refractivity contribution in [3.63, 3.8) is 0 Å². The van der Waals surface area contributed by atoms with E-state index >= 15 is 0 Å². The van der Waals surface area contributed by atoms with Gasteiger partial charge >= 0.3 is 0 Å². The molecule has 142 valence electrons. The summed E-state index contributed by atoms with van der Waals surface area (Å²) in [5.74, 6) is 0.683. The Balaban J connectivity index is 0.00000338. The van der Waals surface area contributed by atoms with E-state index in [0.29, 0.717) is 29.1 Å². The lowest BCUT2D eigenvalue weighted by Gasteiger charge is -2.12. The maximum atomic E-state index is 11.4. The molecule has 0 saturated heterocycles. The van der Waals surface area contributed by atoms with Crippen molar-refractivity contribution in [2.75, 3.05) is 19.8 Å². The molecule has 0 saturated carbocycles. The molecule has 1 aromatic heterocycles. The van der Waals surface area contributed by atoms with Gasteiger partial charge in [-0.15, -0.1) is 24.0 Å². The van der Waals surface area contributed by atoms with Crippen molar-refractivity contribution in [1.29, 1.82) is 0 Å². The molecule has 26 heavy (non-hydrogen) atoms. The van der Waals surface area contributed by atoms with Crippen molar-refractivity contribution in [2.24, 2.45) is 4.99 Å². The quantitative estimate of drug-likeness (QED) is 0.271. The Bertz CT molecular complexity index is 825. The van der Waals surface area contributed by atoms with E-state index in [-0.39, 0.29) is 24.0 Å². The third kappa shape index (κ3) is 7.46. The van der Waals surface area contributed by atoms with Crippen molar-refractivity contribution in [3.05, 3.63) is 58.9 Å². The van der Waals surface area contributed by atoms with E-state index in [0.717, 1.165) is 17.5 Å². The van der Waals surface area contributed by atoms with Crippen molar-refractivity contribution in [2.45, 2.75) is 17.9 Å². The minimum atomic E-state index is -3.15. The Morgan fingerprint density at radius 3 is 2.31 bits per heavy atom. The smallest absolute Gasteiger partial charge is 0.191 e. The van der Waals surface area contributed by atoms with Crippen LogP contribution < -0.4 is 10.6 Å². The summed E-state index contributed by atoms with van der Waals surface area (Å²) < 4.78 is 22.9. The number of hydrogen-bond acceptors (Lipinski definition) is 4. The van der Waals surface area contributed by atoms with Gasteiger partial charge in [0.1, 0.15) is 5.15 Å². The van der Waals surface area contributed by atoms with Crippen LogP contribution in [0.15, 0.2) is 52.5 Å². The summed E-state index contributed by atoms with van der Waals surface area (Å²) in [5, 5.41) is 6.88. The molecular weight excluding hydrogens is 487 g/mol. The second-order valence-electron chi connectivity index (χ2n) is 5.51. The molecule has 0 spiro atoms. The predicted molar refractivity (Wildman–Crippen MR) is 116 cm³/mol. The number of guanidine groups is 1. The van der Waals surface area contributed by atoms with E-state index < -0.39 is 9.84 Å². The summed E-state index contributed by atoms with van der Waals surface area (Å²) in [5.41, 5.74) is 2.06. The monoisotopic (exact) mass is 508 g/mol. The Morgan fingerprint density at radius 1 is 1.12 bits per heavy atom. The highest BCUT2D eigenvalue weighted by atomic mass is 127. The Labute approximate surface area is 176 Å². The molecule has 2 rings (SSSR count). The zero-order valence-corrected chi connectivity index (χ0v) is 18.5. The summed E-state index contributed by atoms with van der Waals surface area (Å²) >= 11 is 5.76. The molecule has 0 aliphatic carbocycles. The summed E-state index contributed by atoms with van der Waals surface area (Å²) in [6.07, 6.45) is 3.68. The number of aliphatic imine (C=N–C) groups is 1. The van der Waals surface area contributed by atoms with Gasteiger partial charge in [0.2, 0.25) is 0 Å². The zero-order valence-electron chi connectivity index (χ0n) is 14.6. The normalized spacial score (nSPS) is 11.6. The highest BCUT2D eigenvalue weighted by Gasteiger charge is 2.06. The molecule has 1 aromatic carbocycles. The predicted octanol–water partition coefficient (Wildman–Crippen LogP) is 2.66. The first-order valence-corrected chi connectivity index (χ1v) is 9.99. The van der Waals surface area contributed by atoms with E-state index in [9.17, 15) is 8.42 Å². The Kier molecular flexibility index (Phi) is 9.31. The highest BCUT2D eigenvalue weighted by Crippen LogP contribution is 2.10. The number of nitrogens with zero attached hydrogens (tertiary/aromatic N) is 2. The lowest BCUT2D eigenvalue weighted by Crippen LogP contribution is -2.37. The number of sulfone groups is 1. The van der Waals surface area contributed by atoms with E-state index in [2.05, 4.69) is 20.6 Å². The fourth-order valence-electron chi connectivity index (χ4n) is 2.15. The van der Waals surface area contributed by atoms with Crippen LogP contribution in [0, 0.1) is 0 Å². The van der Waals surface area contributed by atoms with Crippen LogP contribution in [0.25, 0.3) is 0 Å². The van der Waals surface area contributed by atoms with Crippen LogP contribution in [0.2, 0.25) is 5.15 Å². The van der Waals surface area contributed by atoms with Crippen LogP contribution in [0.4, 0.5) is 0 Å². The highest BCUT2D eigenvalue weighted by molar-refractivity contribution is 14.0. The summed E-state index contributed by atoms with van der Waals surface area (Å²) in [6, 6.07) is 10.6. The van der Waals surface area contributed by atoms with Gasteiger partial charge in [0.05, 0.1) is 4.90 Å². The standard InChI is InChI=1S/C17H21ClN4O2S.HI/c1-19-17(22-12-14-5-8-16(18)21-11-14)20-10-9-13-3-6-15(7-4-13)25(2,23)24;/h3-8,11H,9-10,12H2,1-2H3,(H2,19,20,22);1H.